The lowest BCUT2D eigenvalue weighted by molar-refractivity contribution is -0.00947. The molecule has 2 heteroatoms. The van der Waals surface area contributed by atoms with Gasteiger partial charge in [0.05, 0.1) is 12.2 Å². The number of hydrogen-bond donors (Lipinski definition) is 2. The molecule has 0 spiro atoms. The highest BCUT2D eigenvalue weighted by atomic mass is 16.3. The van der Waals surface area contributed by atoms with Crippen LogP contribution in [-0.4, -0.2) is 22.4 Å². The molecule has 0 radical (unpaired) electrons. The average Bonchev–Trinajstić information content (AvgIpc) is 2.11. The van der Waals surface area contributed by atoms with Crippen molar-refractivity contribution in [2.45, 2.75) is 51.7 Å². The molecule has 0 aliphatic heterocycles. The van der Waals surface area contributed by atoms with Crippen LogP contribution in [0.1, 0.15) is 39.5 Å². The second-order valence-corrected chi connectivity index (χ2v) is 5.16. The molecule has 1 fully saturated rings. The Kier molecular flexibility index (Phi) is 2.44. The zero-order valence-electron chi connectivity index (χ0n) is 9.03. The molecule has 0 amide bonds. The van der Waals surface area contributed by atoms with Gasteiger partial charge in [-0.15, -0.1) is 0 Å². The van der Waals surface area contributed by atoms with Crippen molar-refractivity contribution in [1.29, 1.82) is 0 Å². The average molecular weight is 196 g/mol. The van der Waals surface area contributed by atoms with E-state index in [2.05, 4.69) is 13.8 Å². The summed E-state index contributed by atoms with van der Waals surface area (Å²) in [6, 6.07) is 0. The second-order valence-electron chi connectivity index (χ2n) is 5.16. The zero-order chi connectivity index (χ0) is 10.3. The Bertz CT molecular complexity index is 259. The molecule has 2 nitrogen and oxygen atoms in total. The van der Waals surface area contributed by atoms with Gasteiger partial charge in [-0.1, -0.05) is 25.5 Å². The smallest absolute Gasteiger partial charge is 0.0983 e. The molecule has 2 aliphatic rings. The quantitative estimate of drug-likeness (QED) is 0.581. The number of aliphatic hydroxyl groups excluding tert-OH is 2. The van der Waals surface area contributed by atoms with Gasteiger partial charge in [-0.2, -0.15) is 0 Å². The van der Waals surface area contributed by atoms with Crippen molar-refractivity contribution in [2.75, 3.05) is 0 Å². The van der Waals surface area contributed by atoms with Crippen LogP contribution >= 0.6 is 0 Å². The van der Waals surface area contributed by atoms with Gasteiger partial charge in [0.25, 0.3) is 0 Å². The Morgan fingerprint density at radius 2 is 2.14 bits per heavy atom. The number of aliphatic hydroxyl groups is 2. The first-order valence-electron chi connectivity index (χ1n) is 5.61. The molecule has 2 aliphatic carbocycles. The summed E-state index contributed by atoms with van der Waals surface area (Å²) in [5, 5.41) is 19.3. The molecule has 0 unspecified atom stereocenters. The van der Waals surface area contributed by atoms with Crippen LogP contribution in [-0.2, 0) is 0 Å². The molecule has 2 rings (SSSR count). The Morgan fingerprint density at radius 1 is 1.43 bits per heavy atom. The number of hydrogen-bond acceptors (Lipinski definition) is 2. The minimum Gasteiger partial charge on any atom is -0.390 e. The van der Waals surface area contributed by atoms with E-state index in [-0.39, 0.29) is 5.41 Å². The normalized spacial score (nSPS) is 48.3. The fourth-order valence-electron chi connectivity index (χ4n) is 3.00. The van der Waals surface area contributed by atoms with Gasteiger partial charge in [0.2, 0.25) is 0 Å². The Balaban J connectivity index is 2.32. The monoisotopic (exact) mass is 196 g/mol. The highest BCUT2D eigenvalue weighted by molar-refractivity contribution is 5.23. The zero-order valence-corrected chi connectivity index (χ0v) is 9.03. The Morgan fingerprint density at radius 3 is 2.86 bits per heavy atom. The van der Waals surface area contributed by atoms with Gasteiger partial charge in [0, 0.05) is 0 Å². The lowest BCUT2D eigenvalue weighted by Crippen LogP contribution is -2.43. The van der Waals surface area contributed by atoms with Gasteiger partial charge in [-0.3, -0.25) is 0 Å². The van der Waals surface area contributed by atoms with Crippen molar-refractivity contribution < 1.29 is 10.2 Å². The van der Waals surface area contributed by atoms with E-state index in [0.29, 0.717) is 5.92 Å². The SMILES string of the molecule is C[C@H]1CCCC2=C[C@H](O)[C@@H](O)C[C@]21C. The second kappa shape index (κ2) is 3.35. The molecule has 1 saturated carbocycles. The van der Waals surface area contributed by atoms with Gasteiger partial charge in [0.15, 0.2) is 0 Å². The van der Waals surface area contributed by atoms with Crippen LogP contribution in [0.25, 0.3) is 0 Å². The summed E-state index contributed by atoms with van der Waals surface area (Å²) in [7, 11) is 0. The molecule has 4 atom stereocenters. The standard InChI is InChI=1S/C12H20O2/c1-8-4-3-5-9-6-10(13)11(14)7-12(8,9)2/h6,8,10-11,13-14H,3-5,7H2,1-2H3/t8-,10-,11-,12-/m0/s1. The summed E-state index contributed by atoms with van der Waals surface area (Å²) in [5.41, 5.74) is 1.51. The summed E-state index contributed by atoms with van der Waals surface area (Å²) in [4.78, 5) is 0. The molecule has 0 saturated heterocycles. The van der Waals surface area contributed by atoms with Crippen molar-refractivity contribution in [3.05, 3.63) is 11.6 Å². The van der Waals surface area contributed by atoms with Crippen LogP contribution in [0, 0.1) is 11.3 Å². The van der Waals surface area contributed by atoms with Crippen LogP contribution in [0.4, 0.5) is 0 Å². The fraction of sp³-hybridized carbons (Fsp3) is 0.833. The summed E-state index contributed by atoms with van der Waals surface area (Å²) in [5.74, 6) is 0.629. The minimum atomic E-state index is -0.636. The van der Waals surface area contributed by atoms with Crippen LogP contribution in [0.15, 0.2) is 11.6 Å². The number of fused-ring (bicyclic) bond motifs is 1. The van der Waals surface area contributed by atoms with Crippen LogP contribution in [0.3, 0.4) is 0 Å². The third kappa shape index (κ3) is 1.41. The first-order chi connectivity index (χ1) is 6.54. The maximum atomic E-state index is 9.71. The van der Waals surface area contributed by atoms with E-state index in [1.165, 1.54) is 18.4 Å². The van der Waals surface area contributed by atoms with E-state index < -0.39 is 12.2 Å². The van der Waals surface area contributed by atoms with E-state index in [0.717, 1.165) is 12.8 Å². The molecule has 0 aromatic carbocycles. The third-order valence-corrected chi connectivity index (χ3v) is 4.30. The van der Waals surface area contributed by atoms with E-state index in [1.54, 1.807) is 0 Å². The number of allylic oxidation sites excluding steroid dienone is 1. The molecule has 0 aromatic rings. The highest BCUT2D eigenvalue weighted by Crippen LogP contribution is 2.50. The van der Waals surface area contributed by atoms with E-state index in [9.17, 15) is 10.2 Å². The van der Waals surface area contributed by atoms with Crippen molar-refractivity contribution in [2.24, 2.45) is 11.3 Å². The van der Waals surface area contributed by atoms with Gasteiger partial charge < -0.3 is 10.2 Å². The van der Waals surface area contributed by atoms with E-state index >= 15 is 0 Å². The molecular weight excluding hydrogens is 176 g/mol. The summed E-state index contributed by atoms with van der Waals surface area (Å²) < 4.78 is 0. The topological polar surface area (TPSA) is 40.5 Å². The minimum absolute atomic E-state index is 0.136. The first-order valence-corrected chi connectivity index (χ1v) is 5.61. The molecule has 0 aromatic heterocycles. The van der Waals surface area contributed by atoms with Crippen molar-refractivity contribution in [1.82, 2.24) is 0 Å². The predicted molar refractivity (Wildman–Crippen MR) is 55.8 cm³/mol. The van der Waals surface area contributed by atoms with Crippen molar-refractivity contribution in [3.63, 3.8) is 0 Å². The summed E-state index contributed by atoms with van der Waals surface area (Å²) in [6.07, 6.45) is 4.99. The van der Waals surface area contributed by atoms with Gasteiger partial charge in [-0.05, 0) is 37.0 Å². The molecule has 80 valence electrons. The van der Waals surface area contributed by atoms with Crippen LogP contribution in [0.5, 0.6) is 0 Å². The summed E-state index contributed by atoms with van der Waals surface area (Å²) >= 11 is 0. The van der Waals surface area contributed by atoms with Crippen LogP contribution in [0.2, 0.25) is 0 Å². The molecular formula is C12H20O2. The van der Waals surface area contributed by atoms with E-state index in [1.807, 2.05) is 6.08 Å². The molecule has 0 bridgehead atoms. The molecule has 0 heterocycles. The maximum absolute atomic E-state index is 9.71. The lowest BCUT2D eigenvalue weighted by Gasteiger charge is -2.47. The first kappa shape index (κ1) is 10.2. The van der Waals surface area contributed by atoms with Crippen molar-refractivity contribution >= 4 is 0 Å². The molecule has 14 heavy (non-hydrogen) atoms. The lowest BCUT2D eigenvalue weighted by atomic mass is 9.60. The third-order valence-electron chi connectivity index (χ3n) is 4.30. The highest BCUT2D eigenvalue weighted by Gasteiger charge is 2.43. The van der Waals surface area contributed by atoms with Gasteiger partial charge in [0.1, 0.15) is 0 Å². The fourth-order valence-corrected chi connectivity index (χ4v) is 3.00. The van der Waals surface area contributed by atoms with Gasteiger partial charge >= 0.3 is 0 Å². The predicted octanol–water partition coefficient (Wildman–Crippen LogP) is 1.86. The summed E-state index contributed by atoms with van der Waals surface area (Å²) in [6.45, 7) is 4.50. The molecule has 2 N–H and O–H groups in total. The van der Waals surface area contributed by atoms with Crippen molar-refractivity contribution in [3.8, 4) is 0 Å². The van der Waals surface area contributed by atoms with Gasteiger partial charge in [-0.25, -0.2) is 0 Å². The Labute approximate surface area is 85.6 Å². The number of rotatable bonds is 0. The van der Waals surface area contributed by atoms with Crippen LogP contribution < -0.4 is 0 Å². The maximum Gasteiger partial charge on any atom is 0.0983 e. The Hall–Kier alpha value is -0.340. The largest absolute Gasteiger partial charge is 0.390 e. The van der Waals surface area contributed by atoms with E-state index in [4.69, 9.17) is 0 Å².